The zero-order valence-corrected chi connectivity index (χ0v) is 14.6. The van der Waals surface area contributed by atoms with Gasteiger partial charge in [-0.05, 0) is 52.9 Å². The van der Waals surface area contributed by atoms with Crippen molar-refractivity contribution in [3.05, 3.63) is 28.2 Å². The molecule has 0 aromatic heterocycles. The number of phenols is 1. The van der Waals surface area contributed by atoms with Crippen LogP contribution in [0.1, 0.15) is 43.0 Å². The van der Waals surface area contributed by atoms with E-state index >= 15 is 0 Å². The number of benzene rings is 1. The molecule has 20 heavy (non-hydrogen) atoms. The van der Waals surface area contributed by atoms with Crippen molar-refractivity contribution in [3.8, 4) is 5.75 Å². The van der Waals surface area contributed by atoms with Crippen LogP contribution in [0.15, 0.2) is 22.7 Å². The van der Waals surface area contributed by atoms with Crippen LogP contribution in [0, 0.1) is 5.92 Å². The number of amides is 1. The Kier molecular flexibility index (Phi) is 5.13. The molecule has 5 heteroatoms. The minimum Gasteiger partial charge on any atom is -0.507 e. The van der Waals surface area contributed by atoms with E-state index in [9.17, 15) is 9.90 Å². The molecule has 1 aliphatic rings. The van der Waals surface area contributed by atoms with E-state index in [4.69, 9.17) is 0 Å². The monoisotopic (exact) mass is 403 g/mol. The Hall–Kier alpha value is -0.550. The van der Waals surface area contributed by atoms with Crippen molar-refractivity contribution in [2.24, 2.45) is 5.92 Å². The van der Waals surface area contributed by atoms with E-state index in [2.05, 4.69) is 44.1 Å². The molecular formula is C15H19Br2NO2. The highest BCUT2D eigenvalue weighted by atomic mass is 79.9. The summed E-state index contributed by atoms with van der Waals surface area (Å²) in [5, 5.41) is 13.6. The Morgan fingerprint density at radius 3 is 2.90 bits per heavy atom. The summed E-state index contributed by atoms with van der Waals surface area (Å²) in [6, 6.07) is 4.90. The largest absolute Gasteiger partial charge is 0.507 e. The molecule has 0 saturated heterocycles. The van der Waals surface area contributed by atoms with Gasteiger partial charge in [-0.2, -0.15) is 0 Å². The molecule has 1 aromatic rings. The van der Waals surface area contributed by atoms with Crippen molar-refractivity contribution < 1.29 is 9.90 Å². The van der Waals surface area contributed by atoms with Gasteiger partial charge in [0, 0.05) is 10.9 Å². The zero-order valence-electron chi connectivity index (χ0n) is 11.5. The maximum absolute atomic E-state index is 12.4. The third-order valence-electron chi connectivity index (χ3n) is 3.93. The fraction of sp³-hybridized carbons (Fsp3) is 0.533. The average Bonchev–Trinajstić information content (AvgIpc) is 2.41. The van der Waals surface area contributed by atoms with E-state index in [0.717, 1.165) is 24.6 Å². The van der Waals surface area contributed by atoms with E-state index in [0.29, 0.717) is 16.0 Å². The van der Waals surface area contributed by atoms with Gasteiger partial charge in [0.25, 0.3) is 5.91 Å². The lowest BCUT2D eigenvalue weighted by atomic mass is 9.77. The number of hydrogen-bond donors (Lipinski definition) is 2. The summed E-state index contributed by atoms with van der Waals surface area (Å²) >= 11 is 6.77. The highest BCUT2D eigenvalue weighted by molar-refractivity contribution is 9.10. The van der Waals surface area contributed by atoms with Crippen molar-refractivity contribution in [2.75, 3.05) is 5.33 Å². The second-order valence-electron chi connectivity index (χ2n) is 5.74. The fourth-order valence-corrected chi connectivity index (χ4v) is 3.79. The van der Waals surface area contributed by atoms with Gasteiger partial charge >= 0.3 is 0 Å². The van der Waals surface area contributed by atoms with Gasteiger partial charge in [0.1, 0.15) is 5.75 Å². The van der Waals surface area contributed by atoms with Gasteiger partial charge in [-0.3, -0.25) is 4.79 Å². The summed E-state index contributed by atoms with van der Waals surface area (Å²) in [5.74, 6) is 0.587. The smallest absolute Gasteiger partial charge is 0.251 e. The molecule has 110 valence electrons. The lowest BCUT2D eigenvalue weighted by Crippen LogP contribution is -2.52. The van der Waals surface area contributed by atoms with Crippen molar-refractivity contribution >= 4 is 37.8 Å². The molecule has 0 heterocycles. The van der Waals surface area contributed by atoms with Crippen LogP contribution < -0.4 is 5.32 Å². The first-order valence-corrected chi connectivity index (χ1v) is 8.74. The molecule has 0 aliphatic heterocycles. The van der Waals surface area contributed by atoms with Gasteiger partial charge < -0.3 is 10.4 Å². The Balaban J connectivity index is 2.14. The highest BCUT2D eigenvalue weighted by Crippen LogP contribution is 2.34. The van der Waals surface area contributed by atoms with Gasteiger partial charge in [0.2, 0.25) is 0 Å². The minimum absolute atomic E-state index is 0.0857. The predicted molar refractivity (Wildman–Crippen MR) is 87.4 cm³/mol. The molecule has 2 atom stereocenters. The number of aromatic hydroxyl groups is 1. The lowest BCUT2D eigenvalue weighted by molar-refractivity contribution is 0.0869. The number of nitrogens with one attached hydrogen (secondary N) is 1. The SMILES string of the molecule is CC1CCCC(CBr)(NC(=O)c2ccc(Br)c(O)c2)C1. The number of rotatable bonds is 3. The number of alkyl halides is 1. The van der Waals surface area contributed by atoms with E-state index in [-0.39, 0.29) is 17.2 Å². The van der Waals surface area contributed by atoms with E-state index in [1.54, 1.807) is 12.1 Å². The van der Waals surface area contributed by atoms with Crippen LogP contribution in [0.5, 0.6) is 5.75 Å². The third kappa shape index (κ3) is 3.55. The number of hydrogen-bond acceptors (Lipinski definition) is 2. The minimum atomic E-state index is -0.169. The fourth-order valence-electron chi connectivity index (χ4n) is 2.90. The molecule has 0 bridgehead atoms. The standard InChI is InChI=1S/C15H19Br2NO2/c1-10-3-2-6-15(8-10,9-16)18-14(20)11-4-5-12(17)13(19)7-11/h4-5,7,10,19H,2-3,6,8-9H2,1H3,(H,18,20). The summed E-state index contributed by atoms with van der Waals surface area (Å²) in [5.41, 5.74) is 0.321. The molecule has 1 amide bonds. The quantitative estimate of drug-likeness (QED) is 0.740. The summed E-state index contributed by atoms with van der Waals surface area (Å²) in [7, 11) is 0. The second-order valence-corrected chi connectivity index (χ2v) is 7.15. The molecule has 1 saturated carbocycles. The zero-order chi connectivity index (χ0) is 14.8. The van der Waals surface area contributed by atoms with Crippen LogP contribution in [-0.2, 0) is 0 Å². The molecule has 1 aromatic carbocycles. The highest BCUT2D eigenvalue weighted by Gasteiger charge is 2.35. The van der Waals surface area contributed by atoms with Crippen LogP contribution in [0.25, 0.3) is 0 Å². The van der Waals surface area contributed by atoms with Gasteiger partial charge in [0.15, 0.2) is 0 Å². The maximum Gasteiger partial charge on any atom is 0.251 e. The first-order chi connectivity index (χ1) is 9.46. The first-order valence-electron chi connectivity index (χ1n) is 6.83. The van der Waals surface area contributed by atoms with Gasteiger partial charge in [-0.25, -0.2) is 0 Å². The van der Waals surface area contributed by atoms with Crippen LogP contribution in [0.3, 0.4) is 0 Å². The Morgan fingerprint density at radius 1 is 1.55 bits per heavy atom. The molecule has 3 nitrogen and oxygen atoms in total. The van der Waals surface area contributed by atoms with Crippen LogP contribution in [0.4, 0.5) is 0 Å². The Morgan fingerprint density at radius 2 is 2.30 bits per heavy atom. The van der Waals surface area contributed by atoms with Crippen molar-refractivity contribution in [1.29, 1.82) is 0 Å². The van der Waals surface area contributed by atoms with E-state index in [1.807, 2.05) is 0 Å². The third-order valence-corrected chi connectivity index (χ3v) is 5.68. The summed E-state index contributed by atoms with van der Waals surface area (Å²) < 4.78 is 0.593. The topological polar surface area (TPSA) is 49.3 Å². The number of phenolic OH excluding ortho intramolecular Hbond substituents is 1. The molecule has 0 spiro atoms. The molecule has 0 radical (unpaired) electrons. The molecule has 2 N–H and O–H groups in total. The van der Waals surface area contributed by atoms with Crippen molar-refractivity contribution in [3.63, 3.8) is 0 Å². The Labute approximate surface area is 136 Å². The Bertz CT molecular complexity index is 507. The van der Waals surface area contributed by atoms with Gasteiger partial charge in [-0.1, -0.05) is 35.7 Å². The number of carbonyl (C=O) groups is 1. The first kappa shape index (κ1) is 15.8. The van der Waals surface area contributed by atoms with E-state index < -0.39 is 0 Å². The maximum atomic E-state index is 12.4. The summed E-state index contributed by atoms with van der Waals surface area (Å²) in [6.45, 7) is 2.23. The molecular weight excluding hydrogens is 386 g/mol. The molecule has 1 fully saturated rings. The van der Waals surface area contributed by atoms with Crippen molar-refractivity contribution in [2.45, 2.75) is 38.1 Å². The lowest BCUT2D eigenvalue weighted by Gasteiger charge is -2.39. The molecule has 1 aliphatic carbocycles. The summed E-state index contributed by atoms with van der Waals surface area (Å²) in [6.07, 6.45) is 4.35. The predicted octanol–water partition coefficient (Wildman–Crippen LogP) is 4.23. The normalized spacial score (nSPS) is 26.2. The van der Waals surface area contributed by atoms with E-state index in [1.165, 1.54) is 12.5 Å². The van der Waals surface area contributed by atoms with Gasteiger partial charge in [0.05, 0.1) is 10.0 Å². The molecule has 2 unspecified atom stereocenters. The molecule has 2 rings (SSSR count). The van der Waals surface area contributed by atoms with Crippen LogP contribution in [-0.4, -0.2) is 21.9 Å². The second kappa shape index (κ2) is 6.48. The van der Waals surface area contributed by atoms with Gasteiger partial charge in [-0.15, -0.1) is 0 Å². The number of carbonyl (C=O) groups excluding carboxylic acids is 1. The van der Waals surface area contributed by atoms with Crippen molar-refractivity contribution in [1.82, 2.24) is 5.32 Å². The van der Waals surface area contributed by atoms with Crippen LogP contribution >= 0.6 is 31.9 Å². The van der Waals surface area contributed by atoms with Crippen LogP contribution in [0.2, 0.25) is 0 Å². The number of halogens is 2. The summed E-state index contributed by atoms with van der Waals surface area (Å²) in [4.78, 5) is 12.4. The average molecular weight is 405 g/mol.